The Bertz CT molecular complexity index is 342. The van der Waals surface area contributed by atoms with Crippen LogP contribution in [0.25, 0.3) is 0 Å². The molecule has 0 amide bonds. The molecule has 0 aliphatic carbocycles. The van der Waals surface area contributed by atoms with Crippen molar-refractivity contribution in [3.05, 3.63) is 29.6 Å². The van der Waals surface area contributed by atoms with Gasteiger partial charge in [-0.05, 0) is 17.7 Å². The van der Waals surface area contributed by atoms with Crippen LogP contribution in [0.3, 0.4) is 0 Å². The molecule has 1 N–H and O–H groups in total. The van der Waals surface area contributed by atoms with Crippen LogP contribution in [-0.4, -0.2) is 26.4 Å². The Morgan fingerprint density at radius 1 is 1.24 bits per heavy atom. The normalized spacial score (nSPS) is 10.9. The summed E-state index contributed by atoms with van der Waals surface area (Å²) < 4.78 is 23.6. The number of nitrogens with one attached hydrogen (secondary N) is 1. The maximum Gasteiger partial charge on any atom is 0.127 e. The Kier molecular flexibility index (Phi) is 5.94. The lowest BCUT2D eigenvalue weighted by atomic mass is 10.2. The number of methoxy groups -OCH3 is 1. The van der Waals surface area contributed by atoms with Gasteiger partial charge >= 0.3 is 0 Å². The topological polar surface area (TPSA) is 30.5 Å². The summed E-state index contributed by atoms with van der Waals surface area (Å²) in [6, 6.07) is 5.11. The predicted molar refractivity (Wildman–Crippen MR) is 65.7 cm³/mol. The maximum absolute atomic E-state index is 13.3. The van der Waals surface area contributed by atoms with Gasteiger partial charge in [0, 0.05) is 25.8 Å². The number of hydrogen-bond acceptors (Lipinski definition) is 3. The monoisotopic (exact) mass is 241 g/mol. The van der Waals surface area contributed by atoms with Gasteiger partial charge in [0.2, 0.25) is 0 Å². The van der Waals surface area contributed by atoms with E-state index in [4.69, 9.17) is 9.47 Å². The second kappa shape index (κ2) is 7.25. The fourth-order valence-electron chi connectivity index (χ4n) is 1.37. The molecular weight excluding hydrogens is 221 g/mol. The van der Waals surface area contributed by atoms with Crippen LogP contribution in [-0.2, 0) is 11.3 Å². The van der Waals surface area contributed by atoms with Crippen molar-refractivity contribution in [3.63, 3.8) is 0 Å². The van der Waals surface area contributed by atoms with Crippen LogP contribution in [0.5, 0.6) is 5.75 Å². The molecule has 3 nitrogen and oxygen atoms in total. The quantitative estimate of drug-likeness (QED) is 0.743. The van der Waals surface area contributed by atoms with Crippen LogP contribution in [0, 0.1) is 5.82 Å². The SMILES string of the molecule is COCCOc1cc(F)cc(CNC(C)C)c1. The van der Waals surface area contributed by atoms with Crippen LogP contribution >= 0.6 is 0 Å². The smallest absolute Gasteiger partial charge is 0.127 e. The van der Waals surface area contributed by atoms with Gasteiger partial charge < -0.3 is 14.8 Å². The highest BCUT2D eigenvalue weighted by molar-refractivity contribution is 5.29. The van der Waals surface area contributed by atoms with Gasteiger partial charge in [-0.2, -0.15) is 0 Å². The molecule has 0 aromatic heterocycles. The van der Waals surface area contributed by atoms with Crippen molar-refractivity contribution in [2.45, 2.75) is 26.4 Å². The van der Waals surface area contributed by atoms with Gasteiger partial charge in [-0.3, -0.25) is 0 Å². The number of hydrogen-bond donors (Lipinski definition) is 1. The first-order valence-electron chi connectivity index (χ1n) is 5.76. The lowest BCUT2D eigenvalue weighted by Crippen LogP contribution is -2.21. The second-order valence-corrected chi connectivity index (χ2v) is 4.17. The number of halogens is 1. The molecule has 0 fully saturated rings. The Morgan fingerprint density at radius 3 is 2.65 bits per heavy atom. The molecule has 1 rings (SSSR count). The van der Waals surface area contributed by atoms with Crippen molar-refractivity contribution < 1.29 is 13.9 Å². The maximum atomic E-state index is 13.3. The first-order valence-corrected chi connectivity index (χ1v) is 5.76. The van der Waals surface area contributed by atoms with Crippen molar-refractivity contribution in [1.82, 2.24) is 5.32 Å². The average Bonchev–Trinajstić information content (AvgIpc) is 2.26. The van der Waals surface area contributed by atoms with E-state index in [0.29, 0.717) is 31.5 Å². The van der Waals surface area contributed by atoms with Gasteiger partial charge in [-0.15, -0.1) is 0 Å². The summed E-state index contributed by atoms with van der Waals surface area (Å²) in [4.78, 5) is 0. The molecule has 0 saturated carbocycles. The van der Waals surface area contributed by atoms with Crippen LogP contribution in [0.4, 0.5) is 4.39 Å². The van der Waals surface area contributed by atoms with E-state index < -0.39 is 0 Å². The number of rotatable bonds is 7. The third-order valence-corrected chi connectivity index (χ3v) is 2.20. The van der Waals surface area contributed by atoms with E-state index in [1.165, 1.54) is 12.1 Å². The third kappa shape index (κ3) is 5.65. The average molecular weight is 241 g/mol. The van der Waals surface area contributed by atoms with Crippen molar-refractivity contribution in [3.8, 4) is 5.75 Å². The highest BCUT2D eigenvalue weighted by atomic mass is 19.1. The van der Waals surface area contributed by atoms with Crippen molar-refractivity contribution in [1.29, 1.82) is 0 Å². The van der Waals surface area contributed by atoms with E-state index in [0.717, 1.165) is 5.56 Å². The molecule has 0 aliphatic rings. The first-order chi connectivity index (χ1) is 8.11. The van der Waals surface area contributed by atoms with E-state index in [1.807, 2.05) is 6.07 Å². The standard InChI is InChI=1S/C13H20FNO2/c1-10(2)15-9-11-6-12(14)8-13(7-11)17-5-4-16-3/h6-8,10,15H,4-5,9H2,1-3H3. The summed E-state index contributed by atoms with van der Waals surface area (Å²) in [6.07, 6.45) is 0. The molecule has 4 heteroatoms. The minimum atomic E-state index is -0.277. The van der Waals surface area contributed by atoms with E-state index in [1.54, 1.807) is 7.11 Å². The van der Waals surface area contributed by atoms with Gasteiger partial charge in [-0.1, -0.05) is 13.8 Å². The molecule has 0 bridgehead atoms. The summed E-state index contributed by atoms with van der Waals surface area (Å²) >= 11 is 0. The van der Waals surface area contributed by atoms with Crippen molar-refractivity contribution >= 4 is 0 Å². The summed E-state index contributed by atoms with van der Waals surface area (Å²) in [5.41, 5.74) is 0.881. The summed E-state index contributed by atoms with van der Waals surface area (Å²) in [5, 5.41) is 3.24. The lowest BCUT2D eigenvalue weighted by molar-refractivity contribution is 0.146. The predicted octanol–water partition coefficient (Wildman–Crippen LogP) is 2.35. The summed E-state index contributed by atoms with van der Waals surface area (Å²) in [7, 11) is 1.60. The molecule has 17 heavy (non-hydrogen) atoms. The van der Waals surface area contributed by atoms with Crippen LogP contribution in [0.2, 0.25) is 0 Å². The van der Waals surface area contributed by atoms with Gasteiger partial charge in [0.05, 0.1) is 6.61 Å². The first kappa shape index (κ1) is 13.9. The molecule has 96 valence electrons. The number of ether oxygens (including phenoxy) is 2. The lowest BCUT2D eigenvalue weighted by Gasteiger charge is -2.11. The Labute approximate surface area is 102 Å². The molecular formula is C13H20FNO2. The zero-order valence-electron chi connectivity index (χ0n) is 10.6. The Hall–Kier alpha value is -1.13. The van der Waals surface area contributed by atoms with E-state index in [-0.39, 0.29) is 5.82 Å². The minimum Gasteiger partial charge on any atom is -0.491 e. The van der Waals surface area contributed by atoms with Gasteiger partial charge in [0.15, 0.2) is 0 Å². The Balaban J connectivity index is 2.59. The van der Waals surface area contributed by atoms with Crippen LogP contribution in [0.1, 0.15) is 19.4 Å². The molecule has 0 unspecified atom stereocenters. The van der Waals surface area contributed by atoms with Gasteiger partial charge in [0.1, 0.15) is 18.2 Å². The van der Waals surface area contributed by atoms with Gasteiger partial charge in [0.25, 0.3) is 0 Å². The molecule has 0 spiro atoms. The molecule has 0 atom stereocenters. The van der Waals surface area contributed by atoms with Crippen LogP contribution in [0.15, 0.2) is 18.2 Å². The van der Waals surface area contributed by atoms with Crippen molar-refractivity contribution in [2.75, 3.05) is 20.3 Å². The van der Waals surface area contributed by atoms with E-state index in [2.05, 4.69) is 19.2 Å². The molecule has 1 aromatic carbocycles. The minimum absolute atomic E-state index is 0.277. The molecule has 0 aliphatic heterocycles. The zero-order valence-corrected chi connectivity index (χ0v) is 10.6. The summed E-state index contributed by atoms with van der Waals surface area (Å²) in [5.74, 6) is 0.267. The third-order valence-electron chi connectivity index (χ3n) is 2.20. The Morgan fingerprint density at radius 2 is 2.00 bits per heavy atom. The van der Waals surface area contributed by atoms with E-state index >= 15 is 0 Å². The van der Waals surface area contributed by atoms with Crippen LogP contribution < -0.4 is 10.1 Å². The van der Waals surface area contributed by atoms with Crippen molar-refractivity contribution in [2.24, 2.45) is 0 Å². The number of benzene rings is 1. The zero-order chi connectivity index (χ0) is 12.7. The van der Waals surface area contributed by atoms with E-state index in [9.17, 15) is 4.39 Å². The molecule has 0 radical (unpaired) electrons. The van der Waals surface area contributed by atoms with Gasteiger partial charge in [-0.25, -0.2) is 4.39 Å². The largest absolute Gasteiger partial charge is 0.491 e. The highest BCUT2D eigenvalue weighted by Crippen LogP contribution is 2.16. The highest BCUT2D eigenvalue weighted by Gasteiger charge is 2.02. The molecule has 1 aromatic rings. The molecule has 0 heterocycles. The fraction of sp³-hybridized carbons (Fsp3) is 0.538. The second-order valence-electron chi connectivity index (χ2n) is 4.17. The summed E-state index contributed by atoms with van der Waals surface area (Å²) in [6.45, 7) is 5.66. The molecule has 0 saturated heterocycles. The fourth-order valence-corrected chi connectivity index (χ4v) is 1.37.